The molecule has 0 aromatic rings. The van der Waals surface area contributed by atoms with Crippen molar-refractivity contribution in [1.82, 2.24) is 9.80 Å². The predicted octanol–water partition coefficient (Wildman–Crippen LogP) is 1.57. The number of aliphatic hydroxyl groups is 1. The minimum Gasteiger partial charge on any atom is -0.396 e. The fourth-order valence-electron chi connectivity index (χ4n) is 3.65. The van der Waals surface area contributed by atoms with Crippen molar-refractivity contribution >= 4 is 0 Å². The summed E-state index contributed by atoms with van der Waals surface area (Å²) >= 11 is 0. The number of likely N-dealkylation sites (N-methyl/N-ethyl adjacent to an activating group) is 2. The van der Waals surface area contributed by atoms with Crippen molar-refractivity contribution in [2.24, 2.45) is 5.41 Å². The number of hydrogen-bond donors (Lipinski definition) is 1. The monoisotopic (exact) mass is 240 g/mol. The Bertz CT molecular complexity index is 238. The Morgan fingerprint density at radius 2 is 2.00 bits per heavy atom. The van der Waals surface area contributed by atoms with E-state index in [4.69, 9.17) is 0 Å². The van der Waals surface area contributed by atoms with E-state index in [1.807, 2.05) is 0 Å². The van der Waals surface area contributed by atoms with Crippen LogP contribution in [0.4, 0.5) is 0 Å². The maximum Gasteiger partial charge on any atom is 0.0499 e. The molecule has 1 N–H and O–H groups in total. The fourth-order valence-corrected chi connectivity index (χ4v) is 3.65. The maximum absolute atomic E-state index is 9.68. The highest BCUT2D eigenvalue weighted by atomic mass is 16.3. The number of nitrogens with zero attached hydrogens (tertiary/aromatic N) is 2. The van der Waals surface area contributed by atoms with E-state index in [2.05, 4.69) is 23.9 Å². The van der Waals surface area contributed by atoms with Crippen molar-refractivity contribution in [2.75, 3.05) is 40.3 Å². The lowest BCUT2D eigenvalue weighted by Crippen LogP contribution is -2.48. The minimum absolute atomic E-state index is 0.213. The summed E-state index contributed by atoms with van der Waals surface area (Å²) in [7, 11) is 4.47. The van der Waals surface area contributed by atoms with Crippen LogP contribution in [-0.4, -0.2) is 61.3 Å². The van der Waals surface area contributed by atoms with Gasteiger partial charge in [-0.05, 0) is 46.3 Å². The summed E-state index contributed by atoms with van der Waals surface area (Å²) in [6.45, 7) is 3.90. The molecule has 3 heteroatoms. The second-order valence-electron chi connectivity index (χ2n) is 6.34. The Kier molecular flexibility index (Phi) is 4.45. The molecule has 0 amide bonds. The molecule has 1 atom stereocenters. The summed E-state index contributed by atoms with van der Waals surface area (Å²) in [5.74, 6) is 0. The fraction of sp³-hybridized carbons (Fsp3) is 1.00. The molecule has 100 valence electrons. The quantitative estimate of drug-likeness (QED) is 0.808. The molecule has 2 rings (SSSR count). The maximum atomic E-state index is 9.68. The lowest BCUT2D eigenvalue weighted by Gasteiger charge is -2.40. The highest BCUT2D eigenvalue weighted by Crippen LogP contribution is 2.38. The number of likely N-dealkylation sites (tertiary alicyclic amines) is 1. The Balaban J connectivity index is 1.88. The molecule has 1 unspecified atom stereocenters. The second-order valence-corrected chi connectivity index (χ2v) is 6.34. The van der Waals surface area contributed by atoms with E-state index in [0.717, 1.165) is 6.54 Å². The van der Waals surface area contributed by atoms with Gasteiger partial charge in [0.25, 0.3) is 0 Å². The highest BCUT2D eigenvalue weighted by molar-refractivity contribution is 4.89. The first-order valence-corrected chi connectivity index (χ1v) is 7.15. The van der Waals surface area contributed by atoms with Crippen LogP contribution < -0.4 is 0 Å². The molecule has 1 aliphatic carbocycles. The van der Waals surface area contributed by atoms with E-state index >= 15 is 0 Å². The summed E-state index contributed by atoms with van der Waals surface area (Å²) in [6.07, 6.45) is 7.69. The van der Waals surface area contributed by atoms with Gasteiger partial charge in [-0.25, -0.2) is 0 Å². The lowest BCUT2D eigenvalue weighted by molar-refractivity contribution is 0.0510. The van der Waals surface area contributed by atoms with E-state index in [-0.39, 0.29) is 5.41 Å². The Morgan fingerprint density at radius 1 is 1.29 bits per heavy atom. The van der Waals surface area contributed by atoms with Crippen LogP contribution in [0.25, 0.3) is 0 Å². The zero-order valence-electron chi connectivity index (χ0n) is 11.5. The second kappa shape index (κ2) is 5.68. The molecular formula is C14H28N2O. The standard InChI is InChI=1S/C14H28N2O/c1-15-9-5-6-13(10-15)16(2)11-14(12-17)7-3-4-8-14/h13,17H,3-12H2,1-2H3. The molecule has 1 saturated heterocycles. The molecule has 0 aromatic carbocycles. The molecule has 0 radical (unpaired) electrons. The molecular weight excluding hydrogens is 212 g/mol. The van der Waals surface area contributed by atoms with Gasteiger partial charge in [0.1, 0.15) is 0 Å². The van der Waals surface area contributed by atoms with Gasteiger partial charge in [-0.3, -0.25) is 0 Å². The van der Waals surface area contributed by atoms with E-state index in [1.165, 1.54) is 51.6 Å². The summed E-state index contributed by atoms with van der Waals surface area (Å²) in [5.41, 5.74) is 0.213. The van der Waals surface area contributed by atoms with Gasteiger partial charge < -0.3 is 14.9 Å². The number of piperidine rings is 1. The minimum atomic E-state index is 0.213. The zero-order chi connectivity index (χ0) is 12.3. The highest BCUT2D eigenvalue weighted by Gasteiger charge is 2.36. The van der Waals surface area contributed by atoms with Gasteiger partial charge in [0.05, 0.1) is 0 Å². The third kappa shape index (κ3) is 3.21. The van der Waals surface area contributed by atoms with Crippen LogP contribution in [0.5, 0.6) is 0 Å². The topological polar surface area (TPSA) is 26.7 Å². The van der Waals surface area contributed by atoms with E-state index < -0.39 is 0 Å². The van der Waals surface area contributed by atoms with Gasteiger partial charge in [-0.15, -0.1) is 0 Å². The van der Waals surface area contributed by atoms with Crippen molar-refractivity contribution in [3.8, 4) is 0 Å². The molecule has 1 saturated carbocycles. The van der Waals surface area contributed by atoms with Gasteiger partial charge in [0.15, 0.2) is 0 Å². The van der Waals surface area contributed by atoms with Crippen molar-refractivity contribution in [2.45, 2.75) is 44.6 Å². The summed E-state index contributed by atoms with van der Waals surface area (Å²) in [4.78, 5) is 4.95. The van der Waals surface area contributed by atoms with Crippen LogP contribution in [0.15, 0.2) is 0 Å². The van der Waals surface area contributed by atoms with Gasteiger partial charge in [-0.1, -0.05) is 12.8 Å². The van der Waals surface area contributed by atoms with E-state index in [1.54, 1.807) is 0 Å². The molecule has 0 aromatic heterocycles. The SMILES string of the molecule is CN1CCCC(N(C)CC2(CO)CCCC2)C1. The van der Waals surface area contributed by atoms with Crippen molar-refractivity contribution in [3.05, 3.63) is 0 Å². The first kappa shape index (κ1) is 13.3. The van der Waals surface area contributed by atoms with Gasteiger partial charge >= 0.3 is 0 Å². The molecule has 17 heavy (non-hydrogen) atoms. The predicted molar refractivity (Wildman–Crippen MR) is 71.1 cm³/mol. The smallest absolute Gasteiger partial charge is 0.0499 e. The average molecular weight is 240 g/mol. The van der Waals surface area contributed by atoms with Crippen LogP contribution in [-0.2, 0) is 0 Å². The number of hydrogen-bond acceptors (Lipinski definition) is 3. The van der Waals surface area contributed by atoms with Crippen LogP contribution in [0, 0.1) is 5.41 Å². The Morgan fingerprint density at radius 3 is 2.59 bits per heavy atom. The first-order valence-electron chi connectivity index (χ1n) is 7.15. The zero-order valence-corrected chi connectivity index (χ0v) is 11.5. The third-order valence-corrected chi connectivity index (χ3v) is 4.81. The number of rotatable bonds is 4. The van der Waals surface area contributed by atoms with Crippen molar-refractivity contribution in [1.29, 1.82) is 0 Å². The lowest BCUT2D eigenvalue weighted by atomic mass is 9.86. The summed E-state index contributed by atoms with van der Waals surface area (Å²) in [6, 6.07) is 0.692. The molecule has 1 aliphatic heterocycles. The van der Waals surface area contributed by atoms with Gasteiger partial charge in [0, 0.05) is 31.2 Å². The van der Waals surface area contributed by atoms with E-state index in [0.29, 0.717) is 12.6 Å². The molecule has 0 spiro atoms. The first-order chi connectivity index (χ1) is 8.15. The Hall–Kier alpha value is -0.120. The molecule has 2 fully saturated rings. The molecule has 2 aliphatic rings. The molecule has 0 bridgehead atoms. The summed E-state index contributed by atoms with van der Waals surface area (Å²) < 4.78 is 0. The van der Waals surface area contributed by atoms with E-state index in [9.17, 15) is 5.11 Å². The van der Waals surface area contributed by atoms with Crippen LogP contribution in [0.1, 0.15) is 38.5 Å². The average Bonchev–Trinajstić information content (AvgIpc) is 2.78. The van der Waals surface area contributed by atoms with Crippen LogP contribution in [0.3, 0.4) is 0 Å². The largest absolute Gasteiger partial charge is 0.396 e. The third-order valence-electron chi connectivity index (χ3n) is 4.81. The Labute approximate surface area is 106 Å². The van der Waals surface area contributed by atoms with Gasteiger partial charge in [-0.2, -0.15) is 0 Å². The number of aliphatic hydroxyl groups excluding tert-OH is 1. The summed E-state index contributed by atoms with van der Waals surface area (Å²) in [5, 5.41) is 9.68. The molecule has 1 heterocycles. The van der Waals surface area contributed by atoms with Crippen LogP contribution >= 0.6 is 0 Å². The van der Waals surface area contributed by atoms with Crippen LogP contribution in [0.2, 0.25) is 0 Å². The normalized spacial score (nSPS) is 30.0. The van der Waals surface area contributed by atoms with Crippen molar-refractivity contribution in [3.63, 3.8) is 0 Å². The molecule has 3 nitrogen and oxygen atoms in total. The van der Waals surface area contributed by atoms with Gasteiger partial charge in [0.2, 0.25) is 0 Å². The van der Waals surface area contributed by atoms with Crippen molar-refractivity contribution < 1.29 is 5.11 Å².